The zero-order chi connectivity index (χ0) is 10.5. The Hall–Kier alpha value is -0.430. The molecule has 0 heterocycles. The molecule has 2 N–H and O–H groups in total. The minimum absolute atomic E-state index is 0.0254. The molecule has 0 saturated carbocycles. The van der Waals surface area contributed by atoms with Gasteiger partial charge in [-0.25, -0.2) is 0 Å². The minimum Gasteiger partial charge on any atom is -0.480 e. The van der Waals surface area contributed by atoms with Crippen molar-refractivity contribution in [3.63, 3.8) is 0 Å². The van der Waals surface area contributed by atoms with Crippen molar-refractivity contribution in [3.8, 4) is 0 Å². The predicted octanol–water partition coefficient (Wildman–Crippen LogP) is 1.30. The molecule has 13 heavy (non-hydrogen) atoms. The number of aliphatic carboxylic acids is 1. The fourth-order valence-corrected chi connectivity index (χ4v) is 0.981. The molecule has 0 amide bonds. The maximum absolute atomic E-state index is 11.6. The summed E-state index contributed by atoms with van der Waals surface area (Å²) >= 11 is -0.168. The van der Waals surface area contributed by atoms with E-state index >= 15 is 0 Å². The SMILES string of the molecule is C[C@H](NCCSC(F)(F)F)C(=O)O. The molecular formula is C6H10F3NO2S. The first-order chi connectivity index (χ1) is 5.83. The van der Waals surface area contributed by atoms with Crippen LogP contribution in [-0.2, 0) is 4.79 Å². The zero-order valence-electron chi connectivity index (χ0n) is 6.89. The van der Waals surface area contributed by atoms with Gasteiger partial charge in [0, 0.05) is 12.3 Å². The van der Waals surface area contributed by atoms with Crippen LogP contribution < -0.4 is 5.32 Å². The highest BCUT2D eigenvalue weighted by atomic mass is 32.2. The van der Waals surface area contributed by atoms with Crippen LogP contribution in [-0.4, -0.2) is 34.9 Å². The van der Waals surface area contributed by atoms with Crippen molar-refractivity contribution >= 4 is 17.7 Å². The molecule has 3 nitrogen and oxygen atoms in total. The Balaban J connectivity index is 3.41. The van der Waals surface area contributed by atoms with Crippen molar-refractivity contribution in [1.82, 2.24) is 5.32 Å². The number of halogens is 3. The highest BCUT2D eigenvalue weighted by molar-refractivity contribution is 8.00. The maximum atomic E-state index is 11.6. The maximum Gasteiger partial charge on any atom is 0.441 e. The van der Waals surface area contributed by atoms with Gasteiger partial charge in [-0.05, 0) is 18.7 Å². The molecule has 0 aliphatic heterocycles. The summed E-state index contributed by atoms with van der Waals surface area (Å²) in [7, 11) is 0. The van der Waals surface area contributed by atoms with Crippen molar-refractivity contribution in [2.75, 3.05) is 12.3 Å². The largest absolute Gasteiger partial charge is 0.480 e. The summed E-state index contributed by atoms with van der Waals surface area (Å²) < 4.78 is 34.7. The van der Waals surface area contributed by atoms with E-state index in [4.69, 9.17) is 5.11 Å². The molecule has 0 unspecified atom stereocenters. The van der Waals surface area contributed by atoms with E-state index in [0.717, 1.165) is 0 Å². The number of carbonyl (C=O) groups is 1. The third-order valence-corrected chi connectivity index (χ3v) is 1.92. The van der Waals surface area contributed by atoms with E-state index in [1.165, 1.54) is 6.92 Å². The highest BCUT2D eigenvalue weighted by Crippen LogP contribution is 2.29. The molecule has 7 heteroatoms. The molecule has 0 aromatic carbocycles. The summed E-state index contributed by atoms with van der Waals surface area (Å²) in [6.45, 7) is 1.40. The zero-order valence-corrected chi connectivity index (χ0v) is 7.71. The Kier molecular flexibility index (Phi) is 5.16. The van der Waals surface area contributed by atoms with Crippen LogP contribution in [0.2, 0.25) is 0 Å². The summed E-state index contributed by atoms with van der Waals surface area (Å²) in [5.74, 6) is -1.25. The molecule has 0 rings (SSSR count). The van der Waals surface area contributed by atoms with Gasteiger partial charge >= 0.3 is 11.5 Å². The summed E-state index contributed by atoms with van der Waals surface area (Å²) in [6, 6.07) is -0.811. The van der Waals surface area contributed by atoms with E-state index < -0.39 is 17.5 Å². The Morgan fingerprint density at radius 1 is 1.62 bits per heavy atom. The van der Waals surface area contributed by atoms with Crippen molar-refractivity contribution < 1.29 is 23.1 Å². The van der Waals surface area contributed by atoms with Gasteiger partial charge in [-0.15, -0.1) is 0 Å². The fourth-order valence-electron chi connectivity index (χ4n) is 0.530. The van der Waals surface area contributed by atoms with Gasteiger partial charge in [0.2, 0.25) is 0 Å². The van der Waals surface area contributed by atoms with Gasteiger partial charge in [-0.3, -0.25) is 4.79 Å². The molecule has 0 aliphatic carbocycles. The number of thioether (sulfide) groups is 1. The van der Waals surface area contributed by atoms with E-state index in [-0.39, 0.29) is 24.1 Å². The molecule has 0 bridgehead atoms. The number of hydrogen-bond acceptors (Lipinski definition) is 3. The van der Waals surface area contributed by atoms with Crippen LogP contribution in [0.5, 0.6) is 0 Å². The Labute approximate surface area is 77.7 Å². The van der Waals surface area contributed by atoms with Crippen molar-refractivity contribution in [1.29, 1.82) is 0 Å². The quantitative estimate of drug-likeness (QED) is 0.681. The normalized spacial score (nSPS) is 14.2. The van der Waals surface area contributed by atoms with Gasteiger partial charge in [-0.2, -0.15) is 13.2 Å². The Morgan fingerprint density at radius 3 is 2.54 bits per heavy atom. The van der Waals surface area contributed by atoms with Gasteiger partial charge in [0.25, 0.3) is 0 Å². The highest BCUT2D eigenvalue weighted by Gasteiger charge is 2.27. The molecular weight excluding hydrogens is 207 g/mol. The van der Waals surface area contributed by atoms with Crippen LogP contribution in [0.4, 0.5) is 13.2 Å². The van der Waals surface area contributed by atoms with E-state index in [2.05, 4.69) is 5.32 Å². The molecule has 0 aromatic heterocycles. The first kappa shape index (κ1) is 12.6. The van der Waals surface area contributed by atoms with Crippen LogP contribution >= 0.6 is 11.8 Å². The Bertz CT molecular complexity index is 174. The third kappa shape index (κ3) is 7.92. The lowest BCUT2D eigenvalue weighted by atomic mass is 10.3. The average molecular weight is 217 g/mol. The monoisotopic (exact) mass is 217 g/mol. The van der Waals surface area contributed by atoms with Crippen molar-refractivity contribution in [3.05, 3.63) is 0 Å². The van der Waals surface area contributed by atoms with Crippen molar-refractivity contribution in [2.45, 2.75) is 18.5 Å². The number of carboxylic acid groups (broad SMARTS) is 1. The Morgan fingerprint density at radius 2 is 2.15 bits per heavy atom. The number of carboxylic acids is 1. The van der Waals surface area contributed by atoms with Crippen LogP contribution in [0.25, 0.3) is 0 Å². The van der Waals surface area contributed by atoms with Gasteiger partial charge < -0.3 is 10.4 Å². The van der Waals surface area contributed by atoms with E-state index in [9.17, 15) is 18.0 Å². The van der Waals surface area contributed by atoms with Gasteiger partial charge in [0.1, 0.15) is 6.04 Å². The third-order valence-electron chi connectivity index (χ3n) is 1.19. The van der Waals surface area contributed by atoms with Gasteiger partial charge in [0.15, 0.2) is 0 Å². The van der Waals surface area contributed by atoms with Gasteiger partial charge in [-0.1, -0.05) is 0 Å². The van der Waals surface area contributed by atoms with Gasteiger partial charge in [0.05, 0.1) is 0 Å². The first-order valence-electron chi connectivity index (χ1n) is 3.50. The predicted molar refractivity (Wildman–Crippen MR) is 43.6 cm³/mol. The summed E-state index contributed by atoms with van der Waals surface area (Å²) in [5.41, 5.74) is -4.24. The number of alkyl halides is 3. The fraction of sp³-hybridized carbons (Fsp3) is 0.833. The smallest absolute Gasteiger partial charge is 0.441 e. The second kappa shape index (κ2) is 5.33. The molecule has 0 spiro atoms. The van der Waals surface area contributed by atoms with Crippen molar-refractivity contribution in [2.24, 2.45) is 0 Å². The van der Waals surface area contributed by atoms with Crippen LogP contribution in [0.15, 0.2) is 0 Å². The lowest BCUT2D eigenvalue weighted by Gasteiger charge is -2.09. The molecule has 0 aliphatic rings. The topological polar surface area (TPSA) is 49.3 Å². The van der Waals surface area contributed by atoms with E-state index in [1.54, 1.807) is 0 Å². The molecule has 0 saturated heterocycles. The molecule has 0 radical (unpaired) electrons. The average Bonchev–Trinajstić information content (AvgIpc) is 1.95. The van der Waals surface area contributed by atoms with E-state index in [1.807, 2.05) is 0 Å². The molecule has 0 aromatic rings. The first-order valence-corrected chi connectivity index (χ1v) is 4.48. The number of nitrogens with one attached hydrogen (secondary N) is 1. The van der Waals surface area contributed by atoms with Crippen LogP contribution in [0, 0.1) is 0 Å². The van der Waals surface area contributed by atoms with E-state index in [0.29, 0.717) is 0 Å². The van der Waals surface area contributed by atoms with Crippen LogP contribution in [0.1, 0.15) is 6.92 Å². The summed E-state index contributed by atoms with van der Waals surface area (Å²) in [6.07, 6.45) is 0. The lowest BCUT2D eigenvalue weighted by Crippen LogP contribution is -2.35. The van der Waals surface area contributed by atoms with Crippen LogP contribution in [0.3, 0.4) is 0 Å². The molecule has 1 atom stereocenters. The summed E-state index contributed by atoms with van der Waals surface area (Å²) in [5, 5.41) is 10.8. The second-order valence-corrected chi connectivity index (χ2v) is 3.47. The number of hydrogen-bond donors (Lipinski definition) is 2. The second-order valence-electron chi connectivity index (χ2n) is 2.31. The number of rotatable bonds is 5. The standard InChI is InChI=1S/C6H10F3NO2S/c1-4(5(11)12)10-2-3-13-6(7,8)9/h4,10H,2-3H2,1H3,(H,11,12)/t4-/m0/s1. The minimum atomic E-state index is -4.24. The lowest BCUT2D eigenvalue weighted by molar-refractivity contribution is -0.138. The molecule has 0 fully saturated rings. The summed E-state index contributed by atoms with van der Waals surface area (Å²) in [4.78, 5) is 10.2. The molecule has 78 valence electrons.